The molecule has 2 aromatic rings. The number of rotatable bonds is 4. The van der Waals surface area contributed by atoms with Gasteiger partial charge in [-0.15, -0.1) is 0 Å². The van der Waals surface area contributed by atoms with Crippen LogP contribution < -0.4 is 0 Å². The molecule has 3 heteroatoms. The van der Waals surface area contributed by atoms with Crippen LogP contribution in [0.4, 0.5) is 0 Å². The summed E-state index contributed by atoms with van der Waals surface area (Å²) < 4.78 is 0. The van der Waals surface area contributed by atoms with Crippen molar-refractivity contribution in [3.63, 3.8) is 0 Å². The average Bonchev–Trinajstić information content (AvgIpc) is 2.38. The fourth-order valence-corrected chi connectivity index (χ4v) is 2.56. The summed E-state index contributed by atoms with van der Waals surface area (Å²) in [6.07, 6.45) is 0. The van der Waals surface area contributed by atoms with E-state index in [-0.39, 0.29) is 6.04 Å². The zero-order valence-corrected chi connectivity index (χ0v) is 11.5. The molecule has 2 atom stereocenters. The molecule has 2 aromatic carbocycles. The van der Waals surface area contributed by atoms with Crippen LogP contribution in [-0.2, 0) is 4.79 Å². The number of nitrogens with zero attached hydrogens (tertiary/aromatic N) is 1. The van der Waals surface area contributed by atoms with Gasteiger partial charge in [-0.1, -0.05) is 43.3 Å². The molecular weight excluding hydrogens is 238 g/mol. The summed E-state index contributed by atoms with van der Waals surface area (Å²) in [5.41, 5.74) is 1.04. The molecule has 0 radical (unpaired) electrons. The molecule has 2 rings (SSSR count). The lowest BCUT2D eigenvalue weighted by molar-refractivity contribution is -0.143. The van der Waals surface area contributed by atoms with Gasteiger partial charge in [-0.3, -0.25) is 4.79 Å². The molecule has 19 heavy (non-hydrogen) atoms. The van der Waals surface area contributed by atoms with Gasteiger partial charge in [0.1, 0.15) is 0 Å². The Balaban J connectivity index is 2.47. The van der Waals surface area contributed by atoms with Gasteiger partial charge in [-0.2, -0.15) is 0 Å². The van der Waals surface area contributed by atoms with Crippen molar-refractivity contribution in [2.75, 3.05) is 14.1 Å². The van der Waals surface area contributed by atoms with Gasteiger partial charge >= 0.3 is 5.97 Å². The maximum Gasteiger partial charge on any atom is 0.308 e. The van der Waals surface area contributed by atoms with Gasteiger partial charge in [0.2, 0.25) is 0 Å². The second kappa shape index (κ2) is 5.41. The standard InChI is InChI=1S/C16H19NO2/c1-11(16(18)19)15(17(2)3)14-9-8-12-6-4-5-7-13(12)10-14/h4-11,15H,1-3H3,(H,18,19). The number of carboxylic acids is 1. The third kappa shape index (κ3) is 2.76. The van der Waals surface area contributed by atoms with Crippen LogP contribution in [0.15, 0.2) is 42.5 Å². The van der Waals surface area contributed by atoms with Gasteiger partial charge in [-0.05, 0) is 36.5 Å². The first-order valence-electron chi connectivity index (χ1n) is 6.38. The summed E-state index contributed by atoms with van der Waals surface area (Å²) in [6, 6.07) is 14.1. The summed E-state index contributed by atoms with van der Waals surface area (Å²) in [4.78, 5) is 13.2. The van der Waals surface area contributed by atoms with Crippen molar-refractivity contribution in [2.45, 2.75) is 13.0 Å². The number of fused-ring (bicyclic) bond motifs is 1. The number of aliphatic carboxylic acids is 1. The van der Waals surface area contributed by atoms with E-state index in [0.29, 0.717) is 0 Å². The normalized spacial score (nSPS) is 14.5. The summed E-state index contributed by atoms with van der Waals surface area (Å²) in [5, 5.41) is 11.6. The molecule has 0 heterocycles. The van der Waals surface area contributed by atoms with Crippen molar-refractivity contribution in [1.29, 1.82) is 0 Å². The Bertz CT molecular complexity index is 592. The Morgan fingerprint density at radius 1 is 1.11 bits per heavy atom. The van der Waals surface area contributed by atoms with Gasteiger partial charge in [-0.25, -0.2) is 0 Å². The van der Waals surface area contributed by atoms with Crippen molar-refractivity contribution >= 4 is 16.7 Å². The van der Waals surface area contributed by atoms with E-state index in [4.69, 9.17) is 0 Å². The minimum absolute atomic E-state index is 0.123. The first-order chi connectivity index (χ1) is 9.00. The van der Waals surface area contributed by atoms with Crippen LogP contribution in [0.25, 0.3) is 10.8 Å². The average molecular weight is 257 g/mol. The third-order valence-electron chi connectivity index (χ3n) is 3.53. The van der Waals surface area contributed by atoms with Gasteiger partial charge in [0.25, 0.3) is 0 Å². The minimum Gasteiger partial charge on any atom is -0.481 e. The number of carbonyl (C=O) groups is 1. The van der Waals surface area contributed by atoms with Crippen LogP contribution in [0.1, 0.15) is 18.5 Å². The minimum atomic E-state index is -0.771. The lowest BCUT2D eigenvalue weighted by Gasteiger charge is -2.28. The van der Waals surface area contributed by atoms with Crippen molar-refractivity contribution in [3.8, 4) is 0 Å². The largest absolute Gasteiger partial charge is 0.481 e. The summed E-state index contributed by atoms with van der Waals surface area (Å²) in [7, 11) is 3.83. The third-order valence-corrected chi connectivity index (χ3v) is 3.53. The van der Waals surface area contributed by atoms with E-state index in [1.54, 1.807) is 6.92 Å². The highest BCUT2D eigenvalue weighted by Crippen LogP contribution is 2.29. The molecule has 0 bridgehead atoms. The number of hydrogen-bond acceptors (Lipinski definition) is 2. The summed E-state index contributed by atoms with van der Waals surface area (Å²) >= 11 is 0. The van der Waals surface area contributed by atoms with Crippen LogP contribution in [0, 0.1) is 5.92 Å². The Hall–Kier alpha value is -1.87. The lowest BCUT2D eigenvalue weighted by Crippen LogP contribution is -2.30. The first-order valence-corrected chi connectivity index (χ1v) is 6.38. The van der Waals surface area contributed by atoms with E-state index in [1.807, 2.05) is 37.2 Å². The second-order valence-corrected chi connectivity index (χ2v) is 5.14. The maximum atomic E-state index is 11.3. The van der Waals surface area contributed by atoms with Crippen LogP contribution in [-0.4, -0.2) is 30.1 Å². The highest BCUT2D eigenvalue weighted by Gasteiger charge is 2.27. The smallest absolute Gasteiger partial charge is 0.308 e. The van der Waals surface area contributed by atoms with Gasteiger partial charge in [0, 0.05) is 6.04 Å². The highest BCUT2D eigenvalue weighted by molar-refractivity contribution is 5.83. The lowest BCUT2D eigenvalue weighted by atomic mass is 9.92. The monoisotopic (exact) mass is 257 g/mol. The van der Waals surface area contributed by atoms with Crippen molar-refractivity contribution in [1.82, 2.24) is 4.90 Å². The molecule has 3 nitrogen and oxygen atoms in total. The molecule has 0 aliphatic rings. The van der Waals surface area contributed by atoms with Crippen LogP contribution in [0.2, 0.25) is 0 Å². The first kappa shape index (κ1) is 13.6. The molecule has 0 saturated carbocycles. The van der Waals surface area contributed by atoms with Gasteiger partial charge in [0.15, 0.2) is 0 Å². The second-order valence-electron chi connectivity index (χ2n) is 5.14. The maximum absolute atomic E-state index is 11.3. The zero-order valence-electron chi connectivity index (χ0n) is 11.5. The fourth-order valence-electron chi connectivity index (χ4n) is 2.56. The van der Waals surface area contributed by atoms with E-state index in [2.05, 4.69) is 24.3 Å². The predicted molar refractivity (Wildman–Crippen MR) is 77.2 cm³/mol. The predicted octanol–water partition coefficient (Wildman–Crippen LogP) is 3.16. The Labute approximate surface area is 113 Å². The molecule has 0 amide bonds. The van der Waals surface area contributed by atoms with Crippen LogP contribution in [0.3, 0.4) is 0 Å². The molecule has 0 spiro atoms. The SMILES string of the molecule is CC(C(=O)O)C(c1ccc2ccccc2c1)N(C)C. The fraction of sp³-hybridized carbons (Fsp3) is 0.312. The van der Waals surface area contributed by atoms with E-state index < -0.39 is 11.9 Å². The molecule has 100 valence electrons. The number of benzene rings is 2. The Morgan fingerprint density at radius 2 is 1.74 bits per heavy atom. The van der Waals surface area contributed by atoms with Gasteiger partial charge < -0.3 is 10.0 Å². The Morgan fingerprint density at radius 3 is 2.32 bits per heavy atom. The number of carboxylic acid groups (broad SMARTS) is 1. The van der Waals surface area contributed by atoms with Crippen LogP contribution in [0.5, 0.6) is 0 Å². The topological polar surface area (TPSA) is 40.5 Å². The van der Waals surface area contributed by atoms with Crippen molar-refractivity contribution < 1.29 is 9.90 Å². The molecule has 0 saturated heterocycles. The Kier molecular flexibility index (Phi) is 3.86. The van der Waals surface area contributed by atoms with Gasteiger partial charge in [0.05, 0.1) is 5.92 Å². The molecule has 2 unspecified atom stereocenters. The molecule has 0 aromatic heterocycles. The van der Waals surface area contributed by atoms with E-state index in [9.17, 15) is 9.90 Å². The quantitative estimate of drug-likeness (QED) is 0.914. The molecule has 0 aliphatic carbocycles. The summed E-state index contributed by atoms with van der Waals surface area (Å²) in [5.74, 6) is -1.22. The molecule has 0 fully saturated rings. The van der Waals surface area contributed by atoms with Crippen LogP contribution >= 0.6 is 0 Å². The van der Waals surface area contributed by atoms with E-state index >= 15 is 0 Å². The zero-order chi connectivity index (χ0) is 14.0. The van der Waals surface area contributed by atoms with E-state index in [0.717, 1.165) is 10.9 Å². The molecular formula is C16H19NO2. The van der Waals surface area contributed by atoms with Crippen molar-refractivity contribution in [3.05, 3.63) is 48.0 Å². The summed E-state index contributed by atoms with van der Waals surface area (Å²) in [6.45, 7) is 1.75. The van der Waals surface area contributed by atoms with Crippen molar-refractivity contribution in [2.24, 2.45) is 5.92 Å². The highest BCUT2D eigenvalue weighted by atomic mass is 16.4. The molecule has 1 N–H and O–H groups in total. The van der Waals surface area contributed by atoms with E-state index in [1.165, 1.54) is 5.39 Å². The molecule has 0 aliphatic heterocycles. The number of hydrogen-bond donors (Lipinski definition) is 1.